The van der Waals surface area contributed by atoms with Gasteiger partial charge in [0.15, 0.2) is 4.87 Å². The van der Waals surface area contributed by atoms with Crippen molar-refractivity contribution in [2.75, 3.05) is 7.11 Å². The lowest BCUT2D eigenvalue weighted by Crippen LogP contribution is -2.34. The van der Waals surface area contributed by atoms with Gasteiger partial charge in [0.25, 0.3) is 0 Å². The van der Waals surface area contributed by atoms with Gasteiger partial charge in [0.05, 0.1) is 12.0 Å². The lowest BCUT2D eigenvalue weighted by atomic mass is 9.92. The summed E-state index contributed by atoms with van der Waals surface area (Å²) in [6.07, 6.45) is 0.940. The van der Waals surface area contributed by atoms with Crippen LogP contribution in [0.15, 0.2) is 30.3 Å². The molecular formula is C14H17ClO4S. The molecule has 4 nitrogen and oxygen atoms in total. The largest absolute Gasteiger partial charge is 0.467 e. The van der Waals surface area contributed by atoms with Crippen LogP contribution in [0.5, 0.6) is 0 Å². The van der Waals surface area contributed by atoms with E-state index in [4.69, 9.17) is 16.3 Å². The van der Waals surface area contributed by atoms with Crippen LogP contribution in [0.4, 0.5) is 0 Å². The van der Waals surface area contributed by atoms with E-state index in [-0.39, 0.29) is 11.3 Å². The summed E-state index contributed by atoms with van der Waals surface area (Å²) in [5, 5.41) is 0. The van der Waals surface area contributed by atoms with Gasteiger partial charge in [-0.15, -0.1) is 11.6 Å². The first-order valence-electron chi connectivity index (χ1n) is 6.22. The normalized spacial score (nSPS) is 13.3. The highest BCUT2D eigenvalue weighted by molar-refractivity contribution is 7.73. The standard InChI is InChI=1S/C14H17ClO4S/c1-3-7-12(20(17)18)10-14(15,13(16)19-2)11-8-5-4-6-9-11/h4-6,8-9H,3,7,10H2,1-2H3. The number of alkyl halides is 1. The number of hydrogen-bond donors (Lipinski definition) is 0. The molecule has 110 valence electrons. The third kappa shape index (κ3) is 3.84. The number of halogens is 1. The summed E-state index contributed by atoms with van der Waals surface area (Å²) in [6.45, 7) is 1.86. The van der Waals surface area contributed by atoms with Gasteiger partial charge in [-0.25, -0.2) is 4.79 Å². The molecule has 6 heteroatoms. The molecule has 0 aliphatic carbocycles. The Morgan fingerprint density at radius 3 is 2.35 bits per heavy atom. The Kier molecular flexibility index (Phi) is 6.23. The maximum Gasteiger partial charge on any atom is 0.331 e. The summed E-state index contributed by atoms with van der Waals surface area (Å²) in [5.41, 5.74) is 0.521. The second-order valence-corrected chi connectivity index (χ2v) is 6.05. The molecule has 1 unspecified atom stereocenters. The van der Waals surface area contributed by atoms with Crippen molar-refractivity contribution in [3.63, 3.8) is 0 Å². The Balaban J connectivity index is 3.27. The van der Waals surface area contributed by atoms with Crippen molar-refractivity contribution in [3.8, 4) is 0 Å². The molecule has 0 amide bonds. The summed E-state index contributed by atoms with van der Waals surface area (Å²) in [4.78, 5) is 10.7. The molecule has 0 aliphatic heterocycles. The number of carbonyl (C=O) groups excluding carboxylic acids is 1. The molecule has 0 heterocycles. The van der Waals surface area contributed by atoms with Gasteiger partial charge >= 0.3 is 5.97 Å². The topological polar surface area (TPSA) is 60.4 Å². The first-order chi connectivity index (χ1) is 9.45. The second kappa shape index (κ2) is 7.45. The third-order valence-electron chi connectivity index (χ3n) is 2.95. The maximum absolute atomic E-state index is 12.0. The zero-order valence-corrected chi connectivity index (χ0v) is 13.0. The van der Waals surface area contributed by atoms with Crippen molar-refractivity contribution in [1.29, 1.82) is 0 Å². The van der Waals surface area contributed by atoms with Crippen molar-refractivity contribution in [3.05, 3.63) is 35.9 Å². The van der Waals surface area contributed by atoms with E-state index >= 15 is 0 Å². The highest BCUT2D eigenvalue weighted by Gasteiger charge is 2.40. The van der Waals surface area contributed by atoms with Crippen molar-refractivity contribution < 1.29 is 17.9 Å². The van der Waals surface area contributed by atoms with Gasteiger partial charge in [-0.05, 0) is 12.0 Å². The Labute approximate surface area is 125 Å². The first kappa shape index (κ1) is 16.7. The maximum atomic E-state index is 12.0. The number of ether oxygens (including phenoxy) is 1. The molecule has 1 rings (SSSR count). The SMILES string of the molecule is CCCC(CC(Cl)(C(=O)OC)c1ccccc1)=S(=O)=O. The molecule has 0 radical (unpaired) electrons. The monoisotopic (exact) mass is 316 g/mol. The van der Waals surface area contributed by atoms with Gasteiger partial charge < -0.3 is 4.74 Å². The molecule has 1 aromatic carbocycles. The smallest absolute Gasteiger partial charge is 0.331 e. The van der Waals surface area contributed by atoms with Gasteiger partial charge in [-0.3, -0.25) is 0 Å². The van der Waals surface area contributed by atoms with Crippen molar-refractivity contribution in [1.82, 2.24) is 0 Å². The van der Waals surface area contributed by atoms with Crippen molar-refractivity contribution in [2.45, 2.75) is 31.1 Å². The van der Waals surface area contributed by atoms with Gasteiger partial charge in [0, 0.05) is 6.42 Å². The van der Waals surface area contributed by atoms with Gasteiger partial charge in [0.2, 0.25) is 10.3 Å². The van der Waals surface area contributed by atoms with E-state index in [1.54, 1.807) is 30.3 Å². The molecule has 0 spiro atoms. The number of esters is 1. The molecule has 1 aromatic rings. The zero-order chi connectivity index (χ0) is 15.2. The summed E-state index contributed by atoms with van der Waals surface area (Å²) < 4.78 is 27.3. The minimum Gasteiger partial charge on any atom is -0.467 e. The van der Waals surface area contributed by atoms with Gasteiger partial charge in [0.1, 0.15) is 0 Å². The first-order valence-corrected chi connectivity index (χ1v) is 7.67. The molecule has 20 heavy (non-hydrogen) atoms. The van der Waals surface area contributed by atoms with Crippen molar-refractivity contribution >= 4 is 32.7 Å². The zero-order valence-electron chi connectivity index (χ0n) is 11.4. The van der Waals surface area contributed by atoms with Crippen LogP contribution < -0.4 is 0 Å². The Morgan fingerprint density at radius 2 is 1.90 bits per heavy atom. The molecule has 0 fully saturated rings. The Bertz CT molecular complexity index is 587. The van der Waals surface area contributed by atoms with Crippen LogP contribution in [0, 0.1) is 0 Å². The average Bonchev–Trinajstić information content (AvgIpc) is 2.46. The number of hydrogen-bond acceptors (Lipinski definition) is 4. The molecule has 1 atom stereocenters. The van der Waals surface area contributed by atoms with E-state index in [1.807, 2.05) is 6.92 Å². The molecule has 0 aromatic heterocycles. The van der Waals surface area contributed by atoms with Crippen molar-refractivity contribution in [2.24, 2.45) is 0 Å². The van der Waals surface area contributed by atoms with E-state index in [2.05, 4.69) is 0 Å². The predicted octanol–water partition coefficient (Wildman–Crippen LogP) is 2.54. The highest BCUT2D eigenvalue weighted by atomic mass is 35.5. The molecule has 0 aliphatic rings. The van der Waals surface area contributed by atoms with Crippen LogP contribution in [0.2, 0.25) is 0 Å². The minimum atomic E-state index is -2.37. The van der Waals surface area contributed by atoms with Crippen LogP contribution in [-0.2, 0) is 24.7 Å². The summed E-state index contributed by atoms with van der Waals surface area (Å²) in [5.74, 6) is -0.663. The fourth-order valence-electron chi connectivity index (χ4n) is 1.94. The van der Waals surface area contributed by atoms with Crippen LogP contribution in [0.25, 0.3) is 0 Å². The average molecular weight is 317 g/mol. The number of rotatable bonds is 6. The van der Waals surface area contributed by atoms with Crippen LogP contribution >= 0.6 is 11.6 Å². The molecule has 0 saturated heterocycles. The van der Waals surface area contributed by atoms with Crippen LogP contribution in [-0.4, -0.2) is 26.4 Å². The fraction of sp³-hybridized carbons (Fsp3) is 0.429. The molecule has 0 saturated carbocycles. The van der Waals surface area contributed by atoms with E-state index in [0.717, 1.165) is 0 Å². The summed E-state index contributed by atoms with van der Waals surface area (Å²) in [6, 6.07) is 8.63. The van der Waals surface area contributed by atoms with Crippen LogP contribution in [0.1, 0.15) is 31.7 Å². The molecular weight excluding hydrogens is 300 g/mol. The summed E-state index contributed by atoms with van der Waals surface area (Å²) in [7, 11) is -1.14. The minimum absolute atomic E-state index is 0.0881. The second-order valence-electron chi connectivity index (χ2n) is 4.36. The van der Waals surface area contributed by atoms with E-state index in [9.17, 15) is 13.2 Å². The van der Waals surface area contributed by atoms with Crippen LogP contribution in [0.3, 0.4) is 0 Å². The lowest BCUT2D eigenvalue weighted by Gasteiger charge is -2.24. The van der Waals surface area contributed by atoms with E-state index in [0.29, 0.717) is 18.4 Å². The summed E-state index contributed by atoms with van der Waals surface area (Å²) >= 11 is 6.42. The Hall–Kier alpha value is -1.33. The van der Waals surface area contributed by atoms with Gasteiger partial charge in [-0.2, -0.15) is 8.42 Å². The third-order valence-corrected chi connectivity index (χ3v) is 4.27. The highest BCUT2D eigenvalue weighted by Crippen LogP contribution is 2.35. The number of methoxy groups -OCH3 is 1. The van der Waals surface area contributed by atoms with Gasteiger partial charge in [-0.1, -0.05) is 43.7 Å². The quantitative estimate of drug-likeness (QED) is 0.460. The molecule has 0 bridgehead atoms. The lowest BCUT2D eigenvalue weighted by molar-refractivity contribution is -0.144. The van der Waals surface area contributed by atoms with E-state index < -0.39 is 21.1 Å². The fourth-order valence-corrected chi connectivity index (χ4v) is 3.09. The Morgan fingerprint density at radius 1 is 1.30 bits per heavy atom. The molecule has 0 N–H and O–H groups in total. The number of benzene rings is 1. The predicted molar refractivity (Wildman–Crippen MR) is 79.4 cm³/mol. The van der Waals surface area contributed by atoms with E-state index in [1.165, 1.54) is 7.11 Å². The number of carbonyl (C=O) groups is 1.